The third-order valence-electron chi connectivity index (χ3n) is 6.26. The number of rotatable bonds is 13. The molecule has 0 aliphatic heterocycles. The van der Waals surface area contributed by atoms with Crippen LogP contribution < -0.4 is 14.4 Å². The van der Waals surface area contributed by atoms with E-state index in [0.29, 0.717) is 22.3 Å². The predicted octanol–water partition coefficient (Wildman–Crippen LogP) is 5.53. The number of hydrogen-bond acceptors (Lipinski definition) is 5. The van der Waals surface area contributed by atoms with Crippen LogP contribution in [-0.2, 0) is 26.2 Å². The van der Waals surface area contributed by atoms with Gasteiger partial charge in [-0.25, -0.2) is 8.42 Å². The molecule has 3 rings (SSSR count). The number of sulfonamides is 1. The van der Waals surface area contributed by atoms with Crippen LogP contribution in [0.3, 0.4) is 0 Å². The van der Waals surface area contributed by atoms with E-state index < -0.39 is 28.5 Å². The number of unbranched alkanes of at least 4 members (excludes halogenated alkanes) is 1. The van der Waals surface area contributed by atoms with E-state index in [9.17, 15) is 18.0 Å². The molecular formula is C29H33Cl2N3O5S. The Bertz CT molecular complexity index is 1420. The first-order chi connectivity index (χ1) is 19.1. The fraction of sp³-hybridized carbons (Fsp3) is 0.310. The topological polar surface area (TPSA) is 96.0 Å². The fourth-order valence-corrected chi connectivity index (χ4v) is 5.70. The van der Waals surface area contributed by atoms with Crippen LogP contribution in [0.5, 0.6) is 5.75 Å². The maximum atomic E-state index is 13.9. The van der Waals surface area contributed by atoms with Crippen LogP contribution in [0.1, 0.15) is 32.3 Å². The number of benzene rings is 3. The summed E-state index contributed by atoms with van der Waals surface area (Å²) in [5.41, 5.74) is 0.924. The Labute approximate surface area is 245 Å². The van der Waals surface area contributed by atoms with E-state index in [-0.39, 0.29) is 23.0 Å². The molecule has 0 spiro atoms. The molecule has 1 N–H and O–H groups in total. The van der Waals surface area contributed by atoms with Gasteiger partial charge in [-0.15, -0.1) is 0 Å². The van der Waals surface area contributed by atoms with E-state index in [4.69, 9.17) is 27.9 Å². The molecule has 0 aliphatic rings. The number of carbonyl (C=O) groups is 2. The van der Waals surface area contributed by atoms with Gasteiger partial charge in [0.25, 0.3) is 10.0 Å². The fourth-order valence-electron chi connectivity index (χ4n) is 3.98. The van der Waals surface area contributed by atoms with E-state index in [1.165, 1.54) is 42.3 Å². The van der Waals surface area contributed by atoms with Crippen molar-refractivity contribution in [3.05, 3.63) is 88.4 Å². The second kappa shape index (κ2) is 14.4. The summed E-state index contributed by atoms with van der Waals surface area (Å²) in [5.74, 6) is -0.311. The number of carbonyl (C=O) groups excluding carboxylic acids is 2. The standard InChI is InChI=1S/C29H33Cl2N3O5S/c1-4-5-16-32-29(36)21(2)33(19-22-8-6-11-26(17-22)39-3)28(35)20-34(25-10-7-9-24(31)18-25)40(37,38)27-14-12-23(30)13-15-27/h6-15,17-18,21H,4-5,16,19-20H2,1-3H3,(H,32,36). The van der Waals surface area contributed by atoms with E-state index in [0.717, 1.165) is 22.7 Å². The van der Waals surface area contributed by atoms with Gasteiger partial charge >= 0.3 is 0 Å². The van der Waals surface area contributed by atoms with Crippen LogP contribution in [0, 0.1) is 0 Å². The average molecular weight is 607 g/mol. The van der Waals surface area contributed by atoms with E-state index >= 15 is 0 Å². The van der Waals surface area contributed by atoms with Gasteiger partial charge in [-0.05, 0) is 73.5 Å². The maximum Gasteiger partial charge on any atom is 0.264 e. The van der Waals surface area contributed by atoms with Crippen LogP contribution in [0.25, 0.3) is 0 Å². The van der Waals surface area contributed by atoms with Gasteiger partial charge in [0.05, 0.1) is 17.7 Å². The smallest absolute Gasteiger partial charge is 0.264 e. The maximum absolute atomic E-state index is 13.9. The third kappa shape index (κ3) is 8.13. The lowest BCUT2D eigenvalue weighted by molar-refractivity contribution is -0.139. The highest BCUT2D eigenvalue weighted by Gasteiger charge is 2.32. The molecule has 0 radical (unpaired) electrons. The molecule has 0 saturated heterocycles. The SMILES string of the molecule is CCCCNC(=O)C(C)N(Cc1cccc(OC)c1)C(=O)CN(c1cccc(Cl)c1)S(=O)(=O)c1ccc(Cl)cc1. The molecule has 0 aliphatic carbocycles. The first-order valence-electron chi connectivity index (χ1n) is 12.8. The molecule has 0 saturated carbocycles. The number of methoxy groups -OCH3 is 1. The quantitative estimate of drug-likeness (QED) is 0.258. The van der Waals surface area contributed by atoms with Crippen molar-refractivity contribution in [1.29, 1.82) is 0 Å². The summed E-state index contributed by atoms with van der Waals surface area (Å²) in [5, 5.41) is 3.54. The first kappa shape index (κ1) is 31.3. The second-order valence-electron chi connectivity index (χ2n) is 9.14. The highest BCUT2D eigenvalue weighted by molar-refractivity contribution is 7.92. The van der Waals surface area contributed by atoms with Crippen molar-refractivity contribution in [3.8, 4) is 5.75 Å². The van der Waals surface area contributed by atoms with E-state index in [1.807, 2.05) is 13.0 Å². The summed E-state index contributed by atoms with van der Waals surface area (Å²) in [7, 11) is -2.68. The molecule has 0 aromatic heterocycles. The number of amides is 2. The molecule has 3 aromatic rings. The minimum absolute atomic E-state index is 0.0469. The normalized spacial score (nSPS) is 11.9. The van der Waals surface area contributed by atoms with Crippen molar-refractivity contribution in [1.82, 2.24) is 10.2 Å². The van der Waals surface area contributed by atoms with Gasteiger partial charge in [-0.3, -0.25) is 13.9 Å². The third-order valence-corrected chi connectivity index (χ3v) is 8.54. The zero-order chi connectivity index (χ0) is 29.3. The predicted molar refractivity (Wildman–Crippen MR) is 158 cm³/mol. The molecule has 0 bridgehead atoms. The molecule has 0 fully saturated rings. The number of nitrogens with zero attached hydrogens (tertiary/aromatic N) is 2. The molecule has 8 nitrogen and oxygen atoms in total. The van der Waals surface area contributed by atoms with Gasteiger partial charge in [0, 0.05) is 23.1 Å². The minimum Gasteiger partial charge on any atom is -0.497 e. The number of ether oxygens (including phenoxy) is 1. The van der Waals surface area contributed by atoms with Crippen molar-refractivity contribution < 1.29 is 22.7 Å². The lowest BCUT2D eigenvalue weighted by Gasteiger charge is -2.32. The van der Waals surface area contributed by atoms with Gasteiger partial charge in [0.15, 0.2) is 0 Å². The summed E-state index contributed by atoms with van der Waals surface area (Å²) in [6, 6.07) is 18.2. The van der Waals surface area contributed by atoms with E-state index in [2.05, 4.69) is 5.32 Å². The lowest BCUT2D eigenvalue weighted by Crippen LogP contribution is -2.51. The summed E-state index contributed by atoms with van der Waals surface area (Å²) >= 11 is 12.2. The van der Waals surface area contributed by atoms with Crippen LogP contribution in [0.2, 0.25) is 10.0 Å². The Kier molecular flexibility index (Phi) is 11.2. The van der Waals surface area contributed by atoms with Crippen LogP contribution in [0.4, 0.5) is 5.69 Å². The zero-order valence-corrected chi connectivity index (χ0v) is 25.0. The monoisotopic (exact) mass is 605 g/mol. The molecule has 1 atom stereocenters. The molecular weight excluding hydrogens is 573 g/mol. The molecule has 1 unspecified atom stereocenters. The largest absolute Gasteiger partial charge is 0.497 e. The summed E-state index contributed by atoms with van der Waals surface area (Å²) in [6.45, 7) is 3.60. The molecule has 2 amide bonds. The average Bonchev–Trinajstić information content (AvgIpc) is 2.94. The highest BCUT2D eigenvalue weighted by Crippen LogP contribution is 2.27. The highest BCUT2D eigenvalue weighted by atomic mass is 35.5. The molecule has 3 aromatic carbocycles. The number of hydrogen-bond donors (Lipinski definition) is 1. The Hall–Kier alpha value is -3.27. The Morgan fingerprint density at radius 3 is 2.33 bits per heavy atom. The van der Waals surface area contributed by atoms with Crippen LogP contribution in [-0.4, -0.2) is 51.4 Å². The van der Waals surface area contributed by atoms with Gasteiger partial charge in [-0.1, -0.05) is 54.7 Å². The van der Waals surface area contributed by atoms with Gasteiger partial charge in [0.1, 0.15) is 18.3 Å². The van der Waals surface area contributed by atoms with Crippen molar-refractivity contribution in [2.24, 2.45) is 0 Å². The summed E-state index contributed by atoms with van der Waals surface area (Å²) in [4.78, 5) is 28.3. The Morgan fingerprint density at radius 1 is 0.975 bits per heavy atom. The van der Waals surface area contributed by atoms with Gasteiger partial charge in [-0.2, -0.15) is 0 Å². The minimum atomic E-state index is -4.22. The van der Waals surface area contributed by atoms with Gasteiger partial charge in [0.2, 0.25) is 11.8 Å². The van der Waals surface area contributed by atoms with Crippen LogP contribution >= 0.6 is 23.2 Å². The van der Waals surface area contributed by atoms with Crippen LogP contribution in [0.15, 0.2) is 77.7 Å². The summed E-state index contributed by atoms with van der Waals surface area (Å²) in [6.07, 6.45) is 1.70. The molecule has 40 heavy (non-hydrogen) atoms. The van der Waals surface area contributed by atoms with E-state index in [1.54, 1.807) is 43.3 Å². The summed E-state index contributed by atoms with van der Waals surface area (Å²) < 4.78 is 33.9. The first-order valence-corrected chi connectivity index (χ1v) is 15.0. The Balaban J connectivity index is 2.01. The number of halogens is 2. The number of nitrogens with one attached hydrogen (secondary N) is 1. The van der Waals surface area contributed by atoms with Crippen molar-refractivity contribution in [2.75, 3.05) is 24.5 Å². The van der Waals surface area contributed by atoms with Crippen molar-refractivity contribution in [3.63, 3.8) is 0 Å². The Morgan fingerprint density at radius 2 is 1.68 bits per heavy atom. The lowest BCUT2D eigenvalue weighted by atomic mass is 10.1. The zero-order valence-electron chi connectivity index (χ0n) is 22.6. The van der Waals surface area contributed by atoms with Gasteiger partial charge < -0.3 is 15.0 Å². The second-order valence-corrected chi connectivity index (χ2v) is 11.9. The number of anilines is 1. The van der Waals surface area contributed by atoms with Crippen molar-refractivity contribution >= 4 is 50.7 Å². The molecule has 0 heterocycles. The van der Waals surface area contributed by atoms with Crippen molar-refractivity contribution in [2.45, 2.75) is 44.2 Å². The molecule has 11 heteroatoms. The molecule has 214 valence electrons.